The van der Waals surface area contributed by atoms with Crippen molar-refractivity contribution in [3.63, 3.8) is 0 Å². The van der Waals surface area contributed by atoms with Gasteiger partial charge in [-0.1, -0.05) is 0 Å². The van der Waals surface area contributed by atoms with Gasteiger partial charge in [-0.15, -0.1) is 0 Å². The SMILES string of the molecule is COc1ccc(F)cc1CC(=O)N1CC(OC)CC1C(=O)O. The summed E-state index contributed by atoms with van der Waals surface area (Å²) in [5.41, 5.74) is 0.387. The Morgan fingerprint density at radius 3 is 2.73 bits per heavy atom. The molecule has 120 valence electrons. The Hall–Kier alpha value is -2.15. The Labute approximate surface area is 127 Å². The number of benzene rings is 1. The molecule has 1 fully saturated rings. The number of hydrogen-bond acceptors (Lipinski definition) is 4. The van der Waals surface area contributed by atoms with Crippen molar-refractivity contribution in [2.24, 2.45) is 0 Å². The normalized spacial score (nSPS) is 21.0. The number of ether oxygens (including phenoxy) is 2. The first-order valence-corrected chi connectivity index (χ1v) is 6.83. The number of likely N-dealkylation sites (tertiary alicyclic amines) is 1. The number of carboxylic acid groups (broad SMARTS) is 1. The maximum absolute atomic E-state index is 13.3. The maximum Gasteiger partial charge on any atom is 0.326 e. The molecule has 2 rings (SSSR count). The molecule has 0 saturated carbocycles. The molecule has 0 radical (unpaired) electrons. The average molecular weight is 311 g/mol. The molecule has 2 unspecified atom stereocenters. The lowest BCUT2D eigenvalue weighted by molar-refractivity contribution is -0.148. The zero-order valence-corrected chi connectivity index (χ0v) is 12.4. The number of amides is 1. The Morgan fingerprint density at radius 2 is 2.14 bits per heavy atom. The Bertz CT molecular complexity index is 577. The lowest BCUT2D eigenvalue weighted by atomic mass is 10.1. The van der Waals surface area contributed by atoms with Gasteiger partial charge < -0.3 is 19.5 Å². The summed E-state index contributed by atoms with van der Waals surface area (Å²) in [6.07, 6.45) is -0.182. The first-order chi connectivity index (χ1) is 10.5. The van der Waals surface area contributed by atoms with Gasteiger partial charge in [0.2, 0.25) is 5.91 Å². The fourth-order valence-corrected chi connectivity index (χ4v) is 2.63. The van der Waals surface area contributed by atoms with E-state index in [2.05, 4.69) is 0 Å². The number of carboxylic acids is 1. The second-order valence-corrected chi connectivity index (χ2v) is 5.13. The highest BCUT2D eigenvalue weighted by molar-refractivity contribution is 5.86. The minimum atomic E-state index is -1.07. The van der Waals surface area contributed by atoms with Gasteiger partial charge in [0.1, 0.15) is 17.6 Å². The van der Waals surface area contributed by atoms with Crippen molar-refractivity contribution in [2.75, 3.05) is 20.8 Å². The number of carbonyl (C=O) groups is 2. The molecule has 1 saturated heterocycles. The van der Waals surface area contributed by atoms with Crippen molar-refractivity contribution in [2.45, 2.75) is 25.0 Å². The molecule has 0 aromatic heterocycles. The summed E-state index contributed by atoms with van der Waals surface area (Å²) in [6, 6.07) is 2.98. The van der Waals surface area contributed by atoms with Gasteiger partial charge in [0.05, 0.1) is 19.6 Å². The van der Waals surface area contributed by atoms with E-state index in [4.69, 9.17) is 9.47 Å². The molecule has 1 aliphatic rings. The van der Waals surface area contributed by atoms with Crippen LogP contribution >= 0.6 is 0 Å². The van der Waals surface area contributed by atoms with E-state index in [9.17, 15) is 19.1 Å². The van der Waals surface area contributed by atoms with Crippen LogP contribution in [-0.4, -0.2) is 54.8 Å². The highest BCUT2D eigenvalue weighted by Crippen LogP contribution is 2.24. The van der Waals surface area contributed by atoms with Crippen LogP contribution in [0, 0.1) is 5.82 Å². The van der Waals surface area contributed by atoms with Crippen molar-refractivity contribution >= 4 is 11.9 Å². The van der Waals surface area contributed by atoms with Crippen LogP contribution in [0.4, 0.5) is 4.39 Å². The van der Waals surface area contributed by atoms with Crippen LogP contribution in [0.2, 0.25) is 0 Å². The van der Waals surface area contributed by atoms with Crippen molar-refractivity contribution in [1.82, 2.24) is 4.90 Å². The van der Waals surface area contributed by atoms with Gasteiger partial charge in [0.25, 0.3) is 0 Å². The van der Waals surface area contributed by atoms with Gasteiger partial charge in [-0.3, -0.25) is 4.79 Å². The summed E-state index contributed by atoms with van der Waals surface area (Å²) >= 11 is 0. The molecule has 1 heterocycles. The summed E-state index contributed by atoms with van der Waals surface area (Å²) in [6.45, 7) is 0.212. The van der Waals surface area contributed by atoms with Crippen LogP contribution in [0.5, 0.6) is 5.75 Å². The number of carbonyl (C=O) groups excluding carboxylic acids is 1. The third kappa shape index (κ3) is 3.36. The highest BCUT2D eigenvalue weighted by atomic mass is 19.1. The van der Waals surface area contributed by atoms with E-state index in [1.165, 1.54) is 37.3 Å². The third-order valence-corrected chi connectivity index (χ3v) is 3.79. The van der Waals surface area contributed by atoms with Gasteiger partial charge in [-0.25, -0.2) is 9.18 Å². The molecule has 0 spiro atoms. The van der Waals surface area contributed by atoms with Gasteiger partial charge >= 0.3 is 5.97 Å². The predicted molar refractivity (Wildman–Crippen MR) is 75.2 cm³/mol. The van der Waals surface area contributed by atoms with Crippen LogP contribution < -0.4 is 4.74 Å². The molecule has 0 bridgehead atoms. The lowest BCUT2D eigenvalue weighted by Crippen LogP contribution is -2.41. The standard InChI is InChI=1S/C15H18FNO5/c1-21-11-7-12(15(19)20)17(8-11)14(18)6-9-5-10(16)3-4-13(9)22-2/h3-5,11-12H,6-8H2,1-2H3,(H,19,20). The van der Waals surface area contributed by atoms with Gasteiger partial charge in [0, 0.05) is 25.6 Å². The molecule has 1 amide bonds. The number of methoxy groups -OCH3 is 2. The zero-order valence-electron chi connectivity index (χ0n) is 12.4. The minimum absolute atomic E-state index is 0.124. The molecule has 1 N–H and O–H groups in total. The predicted octanol–water partition coefficient (Wildman–Crippen LogP) is 1.08. The Morgan fingerprint density at radius 1 is 1.41 bits per heavy atom. The smallest absolute Gasteiger partial charge is 0.326 e. The summed E-state index contributed by atoms with van der Waals surface area (Å²) in [5, 5.41) is 9.22. The minimum Gasteiger partial charge on any atom is -0.496 e. The first-order valence-electron chi connectivity index (χ1n) is 6.83. The van der Waals surface area contributed by atoms with Crippen molar-refractivity contribution in [3.8, 4) is 5.75 Å². The fourth-order valence-electron chi connectivity index (χ4n) is 2.63. The highest BCUT2D eigenvalue weighted by Gasteiger charge is 2.39. The van der Waals surface area contributed by atoms with E-state index >= 15 is 0 Å². The largest absolute Gasteiger partial charge is 0.496 e. The number of hydrogen-bond donors (Lipinski definition) is 1. The number of rotatable bonds is 5. The average Bonchev–Trinajstić information content (AvgIpc) is 2.92. The summed E-state index contributed by atoms with van der Waals surface area (Å²) in [7, 11) is 2.91. The second-order valence-electron chi connectivity index (χ2n) is 5.13. The van der Waals surface area contributed by atoms with Gasteiger partial charge in [-0.2, -0.15) is 0 Å². The lowest BCUT2D eigenvalue weighted by Gasteiger charge is -2.21. The van der Waals surface area contributed by atoms with Gasteiger partial charge in [-0.05, 0) is 18.2 Å². The third-order valence-electron chi connectivity index (χ3n) is 3.79. The van der Waals surface area contributed by atoms with E-state index in [-0.39, 0.29) is 25.5 Å². The van der Waals surface area contributed by atoms with E-state index in [0.717, 1.165) is 0 Å². The Balaban J connectivity index is 2.17. The zero-order chi connectivity index (χ0) is 16.3. The van der Waals surface area contributed by atoms with Crippen LogP contribution in [0.25, 0.3) is 0 Å². The quantitative estimate of drug-likeness (QED) is 0.880. The van der Waals surface area contributed by atoms with Crippen LogP contribution in [0.3, 0.4) is 0 Å². The van der Waals surface area contributed by atoms with E-state index in [1.807, 2.05) is 0 Å². The Kier molecular flexibility index (Phi) is 4.97. The molecule has 0 aliphatic carbocycles. The number of halogens is 1. The monoisotopic (exact) mass is 311 g/mol. The summed E-state index contributed by atoms with van der Waals surface area (Å²) in [5.74, 6) is -1.55. The molecular weight excluding hydrogens is 293 g/mol. The van der Waals surface area contributed by atoms with E-state index < -0.39 is 23.7 Å². The summed E-state index contributed by atoms with van der Waals surface area (Å²) < 4.78 is 23.6. The second kappa shape index (κ2) is 6.74. The summed E-state index contributed by atoms with van der Waals surface area (Å²) in [4.78, 5) is 24.9. The number of aliphatic carboxylic acids is 1. The maximum atomic E-state index is 13.3. The van der Waals surface area contributed by atoms with Crippen molar-refractivity contribution < 1.29 is 28.6 Å². The van der Waals surface area contributed by atoms with Crippen LogP contribution in [-0.2, 0) is 20.7 Å². The fraction of sp³-hybridized carbons (Fsp3) is 0.467. The molecular formula is C15H18FNO5. The van der Waals surface area contributed by atoms with Crippen molar-refractivity contribution in [3.05, 3.63) is 29.6 Å². The van der Waals surface area contributed by atoms with Crippen LogP contribution in [0.1, 0.15) is 12.0 Å². The molecule has 1 aliphatic heterocycles. The van der Waals surface area contributed by atoms with E-state index in [1.54, 1.807) is 0 Å². The topological polar surface area (TPSA) is 76.1 Å². The molecule has 7 heteroatoms. The van der Waals surface area contributed by atoms with E-state index in [0.29, 0.717) is 11.3 Å². The van der Waals surface area contributed by atoms with Crippen LogP contribution in [0.15, 0.2) is 18.2 Å². The molecule has 2 atom stereocenters. The molecule has 6 nitrogen and oxygen atoms in total. The van der Waals surface area contributed by atoms with Gasteiger partial charge in [0.15, 0.2) is 0 Å². The number of nitrogens with zero attached hydrogens (tertiary/aromatic N) is 1. The molecule has 1 aromatic rings. The molecule has 22 heavy (non-hydrogen) atoms. The first kappa shape index (κ1) is 16.2. The van der Waals surface area contributed by atoms with Crippen molar-refractivity contribution in [1.29, 1.82) is 0 Å². The molecule has 1 aromatic carbocycles.